The predicted molar refractivity (Wildman–Crippen MR) is 106 cm³/mol. The second kappa shape index (κ2) is 7.28. The van der Waals surface area contributed by atoms with Crippen LogP contribution in [0.4, 0.5) is 5.69 Å². The summed E-state index contributed by atoms with van der Waals surface area (Å²) in [6.07, 6.45) is 6.18. The SMILES string of the molecule is COCCC1CC2CN3CCC(c4ccccc4N)=CC(C(=O)OC)(C2)C13. The molecule has 1 aromatic rings. The van der Waals surface area contributed by atoms with Gasteiger partial charge in [0.1, 0.15) is 5.41 Å². The number of piperidine rings is 2. The molecule has 5 rings (SSSR count). The molecule has 3 heterocycles. The largest absolute Gasteiger partial charge is 0.468 e. The fourth-order valence-electron chi connectivity index (χ4n) is 5.89. The van der Waals surface area contributed by atoms with E-state index < -0.39 is 5.41 Å². The van der Waals surface area contributed by atoms with Crippen LogP contribution in [0.15, 0.2) is 30.3 Å². The molecule has 3 fully saturated rings. The van der Waals surface area contributed by atoms with Gasteiger partial charge in [-0.25, -0.2) is 0 Å². The number of nitrogens with zero attached hydrogens (tertiary/aromatic N) is 1. The van der Waals surface area contributed by atoms with Crippen molar-refractivity contribution in [2.75, 3.05) is 39.6 Å². The molecule has 0 amide bonds. The number of fused-ring (bicyclic) bond motifs is 1. The van der Waals surface area contributed by atoms with Crippen LogP contribution in [0.25, 0.3) is 5.57 Å². The smallest absolute Gasteiger partial charge is 0.317 e. The van der Waals surface area contributed by atoms with Crippen molar-refractivity contribution in [3.8, 4) is 0 Å². The topological polar surface area (TPSA) is 64.8 Å². The first-order valence-electron chi connectivity index (χ1n) is 9.97. The summed E-state index contributed by atoms with van der Waals surface area (Å²) in [4.78, 5) is 15.7. The molecular weight excluding hydrogens is 340 g/mol. The number of ether oxygens (including phenoxy) is 2. The molecule has 5 unspecified atom stereocenters. The van der Waals surface area contributed by atoms with Gasteiger partial charge in [0.05, 0.1) is 7.11 Å². The van der Waals surface area contributed by atoms with Crippen LogP contribution in [-0.2, 0) is 14.3 Å². The quantitative estimate of drug-likeness (QED) is 0.638. The summed E-state index contributed by atoms with van der Waals surface area (Å²) < 4.78 is 10.7. The lowest BCUT2D eigenvalue weighted by atomic mass is 9.57. The zero-order valence-electron chi connectivity index (χ0n) is 16.3. The highest BCUT2D eigenvalue weighted by Crippen LogP contribution is 2.55. The Labute approximate surface area is 161 Å². The second-order valence-electron chi connectivity index (χ2n) is 8.33. The normalized spacial score (nSPS) is 34.7. The molecule has 0 spiro atoms. The first-order valence-corrected chi connectivity index (χ1v) is 9.97. The lowest BCUT2D eigenvalue weighted by Gasteiger charge is -2.57. The van der Waals surface area contributed by atoms with Gasteiger partial charge in [0.25, 0.3) is 0 Å². The van der Waals surface area contributed by atoms with Crippen molar-refractivity contribution in [2.45, 2.75) is 31.7 Å². The number of esters is 1. The number of hydrogen-bond acceptors (Lipinski definition) is 5. The van der Waals surface area contributed by atoms with Crippen LogP contribution in [-0.4, -0.2) is 50.8 Å². The van der Waals surface area contributed by atoms with Crippen LogP contribution in [0.3, 0.4) is 0 Å². The Morgan fingerprint density at radius 3 is 2.89 bits per heavy atom. The van der Waals surface area contributed by atoms with E-state index in [-0.39, 0.29) is 12.0 Å². The van der Waals surface area contributed by atoms with Gasteiger partial charge in [0.15, 0.2) is 0 Å². The van der Waals surface area contributed by atoms with Crippen LogP contribution in [0.2, 0.25) is 0 Å². The molecule has 0 aromatic heterocycles. The van der Waals surface area contributed by atoms with E-state index in [0.717, 1.165) is 50.2 Å². The lowest BCUT2D eigenvalue weighted by molar-refractivity contribution is -0.167. The first kappa shape index (κ1) is 18.5. The summed E-state index contributed by atoms with van der Waals surface area (Å²) in [6.45, 7) is 2.78. The first-order chi connectivity index (χ1) is 13.1. The molecule has 2 N–H and O–H groups in total. The van der Waals surface area contributed by atoms with Crippen LogP contribution in [0.1, 0.15) is 31.2 Å². The minimum atomic E-state index is -0.581. The molecule has 5 atom stereocenters. The van der Waals surface area contributed by atoms with Crippen molar-refractivity contribution >= 4 is 17.2 Å². The standard InChI is InChI=1S/C22H30N2O3/c1-26-10-8-16-11-15-12-22(21(25)27-2)13-17(7-9-24(14-15)20(16)22)18-5-3-4-6-19(18)23/h3-6,13,15-16,20H,7-12,14,23H2,1-2H3. The van der Waals surface area contributed by atoms with Crippen molar-refractivity contribution in [1.82, 2.24) is 4.90 Å². The van der Waals surface area contributed by atoms with E-state index in [4.69, 9.17) is 15.2 Å². The number of nitrogens with two attached hydrogens (primary N) is 1. The Kier molecular flexibility index (Phi) is 4.99. The van der Waals surface area contributed by atoms with E-state index in [2.05, 4.69) is 17.0 Å². The number of nitrogen functional groups attached to an aromatic ring is 1. The number of rotatable bonds is 5. The van der Waals surface area contributed by atoms with Crippen molar-refractivity contribution in [3.63, 3.8) is 0 Å². The van der Waals surface area contributed by atoms with Gasteiger partial charge in [-0.15, -0.1) is 0 Å². The van der Waals surface area contributed by atoms with Gasteiger partial charge < -0.3 is 15.2 Å². The van der Waals surface area contributed by atoms with Gasteiger partial charge in [-0.3, -0.25) is 9.69 Å². The lowest BCUT2D eigenvalue weighted by Crippen LogP contribution is -2.64. The summed E-state index contributed by atoms with van der Waals surface area (Å²) in [5.41, 5.74) is 8.70. The van der Waals surface area contributed by atoms with E-state index in [1.165, 1.54) is 19.1 Å². The van der Waals surface area contributed by atoms with Crippen LogP contribution in [0.5, 0.6) is 0 Å². The molecule has 2 saturated heterocycles. The van der Waals surface area contributed by atoms with Crippen molar-refractivity contribution < 1.29 is 14.3 Å². The molecule has 5 nitrogen and oxygen atoms in total. The Balaban J connectivity index is 1.81. The number of carbonyl (C=O) groups is 1. The van der Waals surface area contributed by atoms with Crippen LogP contribution < -0.4 is 5.73 Å². The monoisotopic (exact) mass is 370 g/mol. The number of benzene rings is 1. The van der Waals surface area contributed by atoms with E-state index >= 15 is 0 Å². The van der Waals surface area contributed by atoms with Gasteiger partial charge in [0, 0.05) is 44.1 Å². The summed E-state index contributed by atoms with van der Waals surface area (Å²) in [5, 5.41) is 0. The fourth-order valence-corrected chi connectivity index (χ4v) is 5.89. The Morgan fingerprint density at radius 1 is 1.33 bits per heavy atom. The Morgan fingerprint density at radius 2 is 2.15 bits per heavy atom. The minimum Gasteiger partial charge on any atom is -0.468 e. The number of methoxy groups -OCH3 is 2. The second-order valence-corrected chi connectivity index (χ2v) is 8.33. The Hall–Kier alpha value is -1.85. The summed E-state index contributed by atoms with van der Waals surface area (Å²) >= 11 is 0. The van der Waals surface area contributed by atoms with Gasteiger partial charge >= 0.3 is 5.97 Å². The molecule has 0 radical (unpaired) electrons. The maximum atomic E-state index is 13.2. The molecular formula is C22H30N2O3. The zero-order chi connectivity index (χ0) is 19.0. The third-order valence-electron chi connectivity index (χ3n) is 6.79. The number of carbonyl (C=O) groups excluding carboxylic acids is 1. The zero-order valence-corrected chi connectivity index (χ0v) is 16.3. The molecule has 1 aromatic carbocycles. The summed E-state index contributed by atoms with van der Waals surface area (Å²) in [5.74, 6) is 0.887. The van der Waals surface area contributed by atoms with Crippen molar-refractivity contribution in [1.29, 1.82) is 0 Å². The molecule has 5 heteroatoms. The van der Waals surface area contributed by atoms with E-state index in [9.17, 15) is 4.79 Å². The average molecular weight is 370 g/mol. The van der Waals surface area contributed by atoms with Gasteiger partial charge in [-0.2, -0.15) is 0 Å². The van der Waals surface area contributed by atoms with E-state index in [1.54, 1.807) is 7.11 Å². The predicted octanol–water partition coefficient (Wildman–Crippen LogP) is 2.96. The highest BCUT2D eigenvalue weighted by molar-refractivity contribution is 5.86. The average Bonchev–Trinajstić information content (AvgIpc) is 2.80. The molecule has 146 valence electrons. The molecule has 1 saturated carbocycles. The number of para-hydroxylation sites is 1. The summed E-state index contributed by atoms with van der Waals surface area (Å²) in [6, 6.07) is 8.16. The third-order valence-corrected chi connectivity index (χ3v) is 6.79. The summed E-state index contributed by atoms with van der Waals surface area (Å²) in [7, 11) is 3.27. The third kappa shape index (κ3) is 3.07. The molecule has 4 aliphatic rings. The van der Waals surface area contributed by atoms with Crippen LogP contribution in [0, 0.1) is 17.3 Å². The number of hydrogen-bond donors (Lipinski definition) is 1. The molecule has 3 aliphatic heterocycles. The highest BCUT2D eigenvalue weighted by Gasteiger charge is 2.59. The molecule has 27 heavy (non-hydrogen) atoms. The maximum absolute atomic E-state index is 13.2. The van der Waals surface area contributed by atoms with E-state index in [0.29, 0.717) is 11.8 Å². The molecule has 1 aliphatic carbocycles. The van der Waals surface area contributed by atoms with Gasteiger partial charge in [-0.1, -0.05) is 24.3 Å². The fraction of sp³-hybridized carbons (Fsp3) is 0.591. The van der Waals surface area contributed by atoms with Gasteiger partial charge in [0.2, 0.25) is 0 Å². The minimum absolute atomic E-state index is 0.0989. The van der Waals surface area contributed by atoms with E-state index in [1.807, 2.05) is 18.2 Å². The molecule has 4 bridgehead atoms. The Bertz CT molecular complexity index is 747. The van der Waals surface area contributed by atoms with Crippen LogP contribution >= 0.6 is 0 Å². The number of anilines is 1. The van der Waals surface area contributed by atoms with Crippen molar-refractivity contribution in [2.24, 2.45) is 17.3 Å². The van der Waals surface area contributed by atoms with Gasteiger partial charge in [-0.05, 0) is 49.2 Å². The maximum Gasteiger partial charge on any atom is 0.317 e. The highest BCUT2D eigenvalue weighted by atomic mass is 16.5. The van der Waals surface area contributed by atoms with Crippen molar-refractivity contribution in [3.05, 3.63) is 35.9 Å².